The molecule has 1 amide bonds. The van der Waals surface area contributed by atoms with Crippen molar-refractivity contribution in [2.45, 2.75) is 45.4 Å². The number of amides is 1. The number of hydrogen-bond donors (Lipinski definition) is 2. The number of aliphatic hydroxyl groups is 1. The molecule has 0 spiro atoms. The lowest BCUT2D eigenvalue weighted by molar-refractivity contribution is -0.0242. The fourth-order valence-corrected chi connectivity index (χ4v) is 3.36. The van der Waals surface area contributed by atoms with Crippen molar-refractivity contribution >= 4 is 23.8 Å². The Morgan fingerprint density at radius 3 is 2.61 bits per heavy atom. The summed E-state index contributed by atoms with van der Waals surface area (Å²) >= 11 is 6.09. The first-order valence-electron chi connectivity index (χ1n) is 10.2. The number of aromatic nitrogens is 2. The van der Waals surface area contributed by atoms with Crippen LogP contribution < -0.4 is 10.1 Å². The molecule has 180 valence electrons. The maximum Gasteiger partial charge on any atom is 0.278 e. The molecule has 8 nitrogen and oxygen atoms in total. The summed E-state index contributed by atoms with van der Waals surface area (Å²) in [5.74, 6) is -3.34. The van der Waals surface area contributed by atoms with E-state index in [0.29, 0.717) is 29.5 Å². The van der Waals surface area contributed by atoms with Gasteiger partial charge in [0.1, 0.15) is 10.7 Å². The topological polar surface area (TPSA) is 105 Å². The SMILES string of the molecule is CC(c1cnc(OCC(C)(F)F)c(Cl)c1)N1Cc2c(ccnc2C=O)C1=O.CNCC(C)O. The summed E-state index contributed by atoms with van der Waals surface area (Å²) < 4.78 is 30.8. The highest BCUT2D eigenvalue weighted by molar-refractivity contribution is 6.31. The number of carbonyl (C=O) groups excluding carboxylic acids is 2. The van der Waals surface area contributed by atoms with Crippen LogP contribution in [0.5, 0.6) is 5.88 Å². The van der Waals surface area contributed by atoms with E-state index in [1.807, 2.05) is 7.05 Å². The van der Waals surface area contributed by atoms with Gasteiger partial charge in [-0.05, 0) is 38.6 Å². The number of rotatable bonds is 8. The number of aliphatic hydroxyl groups excluding tert-OH is 1. The van der Waals surface area contributed by atoms with Crippen molar-refractivity contribution in [1.29, 1.82) is 0 Å². The van der Waals surface area contributed by atoms with Crippen LogP contribution in [-0.2, 0) is 6.54 Å². The molecular weight excluding hydrogens is 458 g/mol. The van der Waals surface area contributed by atoms with Crippen LogP contribution in [0.3, 0.4) is 0 Å². The predicted molar refractivity (Wildman–Crippen MR) is 119 cm³/mol. The second kappa shape index (κ2) is 11.4. The number of nitrogens with zero attached hydrogens (tertiary/aromatic N) is 3. The number of nitrogens with one attached hydrogen (secondary N) is 1. The zero-order chi connectivity index (χ0) is 24.8. The third-order valence-electron chi connectivity index (χ3n) is 4.76. The second-order valence-electron chi connectivity index (χ2n) is 7.77. The number of carbonyl (C=O) groups is 2. The molecule has 3 rings (SSSR count). The zero-order valence-electron chi connectivity index (χ0n) is 18.8. The van der Waals surface area contributed by atoms with Crippen molar-refractivity contribution in [2.24, 2.45) is 0 Å². The lowest BCUT2D eigenvalue weighted by atomic mass is 10.1. The van der Waals surface area contributed by atoms with Crippen LogP contribution in [-0.4, -0.2) is 64.4 Å². The van der Waals surface area contributed by atoms with Crippen molar-refractivity contribution in [3.8, 4) is 5.88 Å². The lowest BCUT2D eigenvalue weighted by Gasteiger charge is -2.25. The summed E-state index contributed by atoms with van der Waals surface area (Å²) in [6.45, 7) is 4.34. The van der Waals surface area contributed by atoms with Gasteiger partial charge in [0.2, 0.25) is 5.88 Å². The number of halogens is 3. The second-order valence-corrected chi connectivity index (χ2v) is 8.18. The maximum atomic E-state index is 12.9. The first kappa shape index (κ1) is 26.6. The molecule has 3 heterocycles. The quantitative estimate of drug-likeness (QED) is 0.554. The van der Waals surface area contributed by atoms with Gasteiger partial charge in [0, 0.05) is 43.5 Å². The van der Waals surface area contributed by atoms with Gasteiger partial charge in [-0.3, -0.25) is 14.6 Å². The Balaban J connectivity index is 0.000000569. The molecular formula is C22H27ClF2N4O4. The van der Waals surface area contributed by atoms with Crippen LogP contribution in [0.2, 0.25) is 5.02 Å². The van der Waals surface area contributed by atoms with E-state index in [1.54, 1.807) is 24.8 Å². The minimum Gasteiger partial charge on any atom is -0.470 e. The molecule has 1 aliphatic heterocycles. The lowest BCUT2D eigenvalue weighted by Crippen LogP contribution is -2.27. The largest absolute Gasteiger partial charge is 0.470 e. The van der Waals surface area contributed by atoms with E-state index in [9.17, 15) is 18.4 Å². The number of ether oxygens (including phenoxy) is 1. The third kappa shape index (κ3) is 7.15. The minimum absolute atomic E-state index is 0.0722. The Morgan fingerprint density at radius 2 is 2.09 bits per heavy atom. The van der Waals surface area contributed by atoms with Gasteiger partial charge in [0.25, 0.3) is 11.8 Å². The Hall–Kier alpha value is -2.69. The highest BCUT2D eigenvalue weighted by Crippen LogP contribution is 2.34. The summed E-state index contributed by atoms with van der Waals surface area (Å²) in [4.78, 5) is 33.3. The van der Waals surface area contributed by atoms with E-state index >= 15 is 0 Å². The van der Waals surface area contributed by atoms with Crippen molar-refractivity contribution in [1.82, 2.24) is 20.2 Å². The zero-order valence-corrected chi connectivity index (χ0v) is 19.6. The standard InChI is InChI=1S/C18H16ClF2N3O3.C4H11NO/c1-10(11-5-14(19)16(23-6-11)27-9-18(2,20)21)24-7-13-12(17(24)26)3-4-22-15(13)8-25;1-4(6)3-5-2/h3-6,8,10H,7,9H2,1-2H3;4-6H,3H2,1-2H3. The molecule has 0 bridgehead atoms. The number of pyridine rings is 2. The number of likely N-dealkylation sites (N-methyl/N-ethyl adjacent to an activating group) is 1. The fraction of sp³-hybridized carbons (Fsp3) is 0.455. The minimum atomic E-state index is -3.00. The Bertz CT molecular complexity index is 985. The molecule has 0 radical (unpaired) electrons. The van der Waals surface area contributed by atoms with Crippen LogP contribution in [0.4, 0.5) is 8.78 Å². The molecule has 0 saturated carbocycles. The van der Waals surface area contributed by atoms with E-state index in [0.717, 1.165) is 6.92 Å². The third-order valence-corrected chi connectivity index (χ3v) is 5.03. The molecule has 2 aromatic heterocycles. The van der Waals surface area contributed by atoms with Gasteiger partial charge in [-0.1, -0.05) is 11.6 Å². The molecule has 2 unspecified atom stereocenters. The average Bonchev–Trinajstić information content (AvgIpc) is 3.08. The number of alkyl halides is 2. The monoisotopic (exact) mass is 484 g/mol. The molecule has 2 atom stereocenters. The van der Waals surface area contributed by atoms with Gasteiger partial charge < -0.3 is 20.1 Å². The predicted octanol–water partition coefficient (Wildman–Crippen LogP) is 3.28. The molecule has 33 heavy (non-hydrogen) atoms. The van der Waals surface area contributed by atoms with Crippen molar-refractivity contribution in [2.75, 3.05) is 20.2 Å². The summed E-state index contributed by atoms with van der Waals surface area (Å²) in [6.07, 6.45) is 3.25. The maximum absolute atomic E-state index is 12.9. The van der Waals surface area contributed by atoms with Crippen molar-refractivity contribution < 1.29 is 28.2 Å². The summed E-state index contributed by atoms with van der Waals surface area (Å²) in [5.41, 5.74) is 1.85. The highest BCUT2D eigenvalue weighted by Gasteiger charge is 2.33. The van der Waals surface area contributed by atoms with Crippen LogP contribution >= 0.6 is 11.6 Å². The molecule has 2 N–H and O–H groups in total. The van der Waals surface area contributed by atoms with Crippen molar-refractivity contribution in [3.05, 3.63) is 51.9 Å². The van der Waals surface area contributed by atoms with Crippen molar-refractivity contribution in [3.63, 3.8) is 0 Å². The summed E-state index contributed by atoms with van der Waals surface area (Å²) in [6, 6.07) is 2.69. The van der Waals surface area contributed by atoms with Gasteiger partial charge in [-0.2, -0.15) is 0 Å². The van der Waals surface area contributed by atoms with E-state index in [1.165, 1.54) is 18.5 Å². The number of hydrogen-bond acceptors (Lipinski definition) is 7. The number of aldehydes is 1. The van der Waals surface area contributed by atoms with E-state index < -0.39 is 18.6 Å². The molecule has 0 saturated heterocycles. The Morgan fingerprint density at radius 1 is 1.39 bits per heavy atom. The molecule has 11 heteroatoms. The van der Waals surface area contributed by atoms with Crippen LogP contribution in [0.25, 0.3) is 0 Å². The summed E-state index contributed by atoms with van der Waals surface area (Å²) in [5, 5.41) is 11.4. The van der Waals surface area contributed by atoms with Crippen LogP contribution in [0.1, 0.15) is 58.8 Å². The van der Waals surface area contributed by atoms with E-state index in [2.05, 4.69) is 15.3 Å². The number of fused-ring (bicyclic) bond motifs is 1. The molecule has 0 fully saturated rings. The fourth-order valence-electron chi connectivity index (χ4n) is 3.13. The van der Waals surface area contributed by atoms with Gasteiger partial charge in [-0.15, -0.1) is 0 Å². The van der Waals surface area contributed by atoms with E-state index in [4.69, 9.17) is 21.4 Å². The van der Waals surface area contributed by atoms with Gasteiger partial charge in [0.05, 0.1) is 12.1 Å². The van der Waals surface area contributed by atoms with Gasteiger partial charge in [0.15, 0.2) is 12.9 Å². The van der Waals surface area contributed by atoms with Gasteiger partial charge in [-0.25, -0.2) is 13.8 Å². The van der Waals surface area contributed by atoms with Gasteiger partial charge >= 0.3 is 0 Å². The Kier molecular flexibility index (Phi) is 9.21. The molecule has 2 aromatic rings. The Labute approximate surface area is 195 Å². The van der Waals surface area contributed by atoms with Crippen LogP contribution in [0, 0.1) is 0 Å². The molecule has 1 aliphatic rings. The smallest absolute Gasteiger partial charge is 0.278 e. The molecule has 0 aliphatic carbocycles. The first-order chi connectivity index (χ1) is 15.5. The highest BCUT2D eigenvalue weighted by atomic mass is 35.5. The normalized spacial score (nSPS) is 14.8. The van der Waals surface area contributed by atoms with Crippen LogP contribution in [0.15, 0.2) is 24.5 Å². The summed E-state index contributed by atoms with van der Waals surface area (Å²) in [7, 11) is 1.81. The molecule has 0 aromatic carbocycles. The van der Waals surface area contributed by atoms with E-state index in [-0.39, 0.29) is 35.2 Å². The average molecular weight is 485 g/mol. The first-order valence-corrected chi connectivity index (χ1v) is 10.6.